The van der Waals surface area contributed by atoms with E-state index in [4.69, 9.17) is 4.74 Å². The van der Waals surface area contributed by atoms with Crippen molar-refractivity contribution in [3.8, 4) is 0 Å². The number of carbonyl (C=O) groups is 1. The molecule has 2 atom stereocenters. The van der Waals surface area contributed by atoms with Crippen LogP contribution < -0.4 is 0 Å². The summed E-state index contributed by atoms with van der Waals surface area (Å²) in [6.45, 7) is 0. The Bertz CT molecular complexity index is 200. The number of ether oxygens (including phenoxy) is 1. The van der Waals surface area contributed by atoms with Crippen LogP contribution in [-0.2, 0) is 9.53 Å². The predicted octanol–water partition coefficient (Wildman–Crippen LogP) is 1.92. The fourth-order valence-corrected chi connectivity index (χ4v) is 2.71. The van der Waals surface area contributed by atoms with Gasteiger partial charge in [-0.15, -0.1) is 0 Å². The van der Waals surface area contributed by atoms with E-state index in [1.807, 2.05) is 0 Å². The Kier molecular flexibility index (Phi) is 1.95. The first-order valence-electron chi connectivity index (χ1n) is 4.85. The molecule has 0 aromatic heterocycles. The lowest BCUT2D eigenvalue weighted by atomic mass is 9.68. The highest BCUT2D eigenvalue weighted by Gasteiger charge is 2.45. The van der Waals surface area contributed by atoms with Gasteiger partial charge in [0.15, 0.2) is 5.78 Å². The van der Waals surface area contributed by atoms with Crippen LogP contribution in [0.15, 0.2) is 0 Å². The molecule has 2 nitrogen and oxygen atoms in total. The van der Waals surface area contributed by atoms with Gasteiger partial charge >= 0.3 is 0 Å². The number of hydrogen-bond acceptors (Lipinski definition) is 2. The molecular weight excluding hydrogens is 152 g/mol. The second kappa shape index (κ2) is 2.84. The predicted molar refractivity (Wildman–Crippen MR) is 45.9 cm³/mol. The van der Waals surface area contributed by atoms with Crippen molar-refractivity contribution in [1.29, 1.82) is 0 Å². The van der Waals surface area contributed by atoms with Crippen LogP contribution in [0, 0.1) is 5.92 Å². The summed E-state index contributed by atoms with van der Waals surface area (Å²) in [5.74, 6) is 1.11. The summed E-state index contributed by atoms with van der Waals surface area (Å²) in [6.07, 6.45) is 6.27. The Labute approximate surface area is 73.3 Å². The molecule has 2 rings (SSSR count). The first-order chi connectivity index (χ1) is 5.77. The van der Waals surface area contributed by atoms with Gasteiger partial charge < -0.3 is 4.74 Å². The van der Waals surface area contributed by atoms with Crippen molar-refractivity contribution in [1.82, 2.24) is 0 Å². The number of rotatable bonds is 1. The summed E-state index contributed by atoms with van der Waals surface area (Å²) in [5.41, 5.74) is -0.360. The molecule has 2 fully saturated rings. The van der Waals surface area contributed by atoms with E-state index in [2.05, 4.69) is 0 Å². The molecule has 0 unspecified atom stereocenters. The van der Waals surface area contributed by atoms with E-state index in [1.54, 1.807) is 7.11 Å². The molecule has 0 N–H and O–H groups in total. The quantitative estimate of drug-likeness (QED) is 0.598. The molecule has 0 aliphatic heterocycles. The van der Waals surface area contributed by atoms with Crippen molar-refractivity contribution in [2.45, 2.75) is 44.1 Å². The molecule has 0 amide bonds. The van der Waals surface area contributed by atoms with Crippen molar-refractivity contribution in [2.75, 3.05) is 7.11 Å². The maximum absolute atomic E-state index is 11.6. The second-order valence-electron chi connectivity index (χ2n) is 4.12. The van der Waals surface area contributed by atoms with Gasteiger partial charge in [-0.1, -0.05) is 6.42 Å². The highest BCUT2D eigenvalue weighted by atomic mass is 16.5. The maximum Gasteiger partial charge on any atom is 0.164 e. The third kappa shape index (κ3) is 1.09. The molecule has 0 aromatic rings. The molecule has 68 valence electrons. The van der Waals surface area contributed by atoms with Crippen LogP contribution >= 0.6 is 0 Å². The first kappa shape index (κ1) is 8.24. The molecular formula is C10H16O2. The molecule has 0 saturated heterocycles. The lowest BCUT2D eigenvalue weighted by molar-refractivity contribution is -0.152. The van der Waals surface area contributed by atoms with E-state index in [0.29, 0.717) is 5.78 Å². The van der Waals surface area contributed by atoms with Crippen LogP contribution in [0.4, 0.5) is 0 Å². The lowest BCUT2D eigenvalue weighted by Crippen LogP contribution is -2.48. The van der Waals surface area contributed by atoms with E-state index in [0.717, 1.165) is 31.6 Å². The smallest absolute Gasteiger partial charge is 0.164 e. The minimum Gasteiger partial charge on any atom is -0.370 e. The van der Waals surface area contributed by atoms with Gasteiger partial charge in [-0.3, -0.25) is 4.79 Å². The van der Waals surface area contributed by atoms with Crippen molar-refractivity contribution in [3.05, 3.63) is 0 Å². The Hall–Kier alpha value is -0.370. The van der Waals surface area contributed by atoms with Gasteiger partial charge in [-0.05, 0) is 31.6 Å². The third-order valence-electron chi connectivity index (χ3n) is 3.49. The Balaban J connectivity index is 2.20. The summed E-state index contributed by atoms with van der Waals surface area (Å²) in [5, 5.41) is 0. The summed E-state index contributed by atoms with van der Waals surface area (Å²) in [7, 11) is 1.69. The van der Waals surface area contributed by atoms with Gasteiger partial charge in [0, 0.05) is 13.5 Å². The topological polar surface area (TPSA) is 26.3 Å². The monoisotopic (exact) mass is 168 g/mol. The minimum atomic E-state index is -0.360. The van der Waals surface area contributed by atoms with Crippen molar-refractivity contribution >= 4 is 5.78 Å². The van der Waals surface area contributed by atoms with Crippen LogP contribution in [-0.4, -0.2) is 18.5 Å². The maximum atomic E-state index is 11.6. The Morgan fingerprint density at radius 2 is 2.33 bits per heavy atom. The van der Waals surface area contributed by atoms with Crippen LogP contribution in [0.2, 0.25) is 0 Å². The molecule has 0 aromatic carbocycles. The van der Waals surface area contributed by atoms with Crippen LogP contribution in [0.25, 0.3) is 0 Å². The number of hydrogen-bond donors (Lipinski definition) is 0. The van der Waals surface area contributed by atoms with Gasteiger partial charge in [-0.25, -0.2) is 0 Å². The largest absolute Gasteiger partial charge is 0.370 e. The summed E-state index contributed by atoms with van der Waals surface area (Å²) in [4.78, 5) is 11.6. The fourth-order valence-electron chi connectivity index (χ4n) is 2.71. The number of fused-ring (bicyclic) bond motifs is 2. The molecule has 0 radical (unpaired) electrons. The fraction of sp³-hybridized carbons (Fsp3) is 0.900. The Morgan fingerprint density at radius 1 is 1.50 bits per heavy atom. The molecule has 2 heteroatoms. The number of Topliss-reactive ketones (excluding diaryl/α,β-unsaturated/α-hetero) is 1. The van der Waals surface area contributed by atoms with E-state index < -0.39 is 0 Å². The zero-order chi connectivity index (χ0) is 8.60. The number of carbonyl (C=O) groups excluding carboxylic acids is 1. The average Bonchev–Trinajstić information content (AvgIpc) is 2.13. The zero-order valence-electron chi connectivity index (χ0n) is 7.64. The molecule has 12 heavy (non-hydrogen) atoms. The number of ketones is 1. The van der Waals surface area contributed by atoms with E-state index in [1.165, 1.54) is 12.8 Å². The normalized spacial score (nSPS) is 41.4. The molecule has 2 saturated carbocycles. The summed E-state index contributed by atoms with van der Waals surface area (Å²) >= 11 is 0. The van der Waals surface area contributed by atoms with Crippen molar-refractivity contribution in [2.24, 2.45) is 5.92 Å². The van der Waals surface area contributed by atoms with Gasteiger partial charge in [-0.2, -0.15) is 0 Å². The highest BCUT2D eigenvalue weighted by Crippen LogP contribution is 2.42. The Morgan fingerprint density at radius 3 is 3.00 bits per heavy atom. The molecule has 0 heterocycles. The van der Waals surface area contributed by atoms with E-state index in [-0.39, 0.29) is 5.60 Å². The van der Waals surface area contributed by atoms with E-state index in [9.17, 15) is 4.79 Å². The van der Waals surface area contributed by atoms with Gasteiger partial charge in [0.2, 0.25) is 0 Å². The van der Waals surface area contributed by atoms with Gasteiger partial charge in [0.1, 0.15) is 5.60 Å². The molecule has 0 spiro atoms. The molecule has 2 aliphatic carbocycles. The molecule has 2 bridgehead atoms. The lowest BCUT2D eigenvalue weighted by Gasteiger charge is -2.42. The average molecular weight is 168 g/mol. The zero-order valence-corrected chi connectivity index (χ0v) is 7.64. The van der Waals surface area contributed by atoms with E-state index >= 15 is 0 Å². The van der Waals surface area contributed by atoms with Crippen LogP contribution in [0.5, 0.6) is 0 Å². The number of methoxy groups -OCH3 is 1. The van der Waals surface area contributed by atoms with Crippen LogP contribution in [0.1, 0.15) is 38.5 Å². The second-order valence-corrected chi connectivity index (χ2v) is 4.12. The SMILES string of the molecule is CO[C@]12CCC[C@@H](CCC1=O)C2. The third-order valence-corrected chi connectivity index (χ3v) is 3.49. The standard InChI is InChI=1S/C10H16O2/c1-12-10-6-2-3-8(7-10)4-5-9(10)11/h8H,2-7H2,1H3/t8-,10-/m0/s1. The summed E-state index contributed by atoms with van der Waals surface area (Å²) < 4.78 is 5.41. The molecule has 2 aliphatic rings. The van der Waals surface area contributed by atoms with Gasteiger partial charge in [0.05, 0.1) is 0 Å². The van der Waals surface area contributed by atoms with Crippen molar-refractivity contribution in [3.63, 3.8) is 0 Å². The van der Waals surface area contributed by atoms with Crippen LogP contribution in [0.3, 0.4) is 0 Å². The van der Waals surface area contributed by atoms with Gasteiger partial charge in [0.25, 0.3) is 0 Å². The first-order valence-corrected chi connectivity index (χ1v) is 4.85. The summed E-state index contributed by atoms with van der Waals surface area (Å²) in [6, 6.07) is 0. The minimum absolute atomic E-state index is 0.348. The highest BCUT2D eigenvalue weighted by molar-refractivity contribution is 5.88. The van der Waals surface area contributed by atoms with Crippen molar-refractivity contribution < 1.29 is 9.53 Å².